The van der Waals surface area contributed by atoms with Crippen molar-refractivity contribution in [3.8, 4) is 0 Å². The van der Waals surface area contributed by atoms with Crippen LogP contribution in [0.3, 0.4) is 0 Å². The van der Waals surface area contributed by atoms with Crippen LogP contribution in [0, 0.1) is 0 Å². The van der Waals surface area contributed by atoms with Gasteiger partial charge < -0.3 is 9.47 Å². The number of unbranched alkanes of at least 4 members (excludes halogenated alkanes) is 18. The molecular weight excluding hydrogens is 510 g/mol. The summed E-state index contributed by atoms with van der Waals surface area (Å²) in [5, 5.41) is 2.10. The number of carbonyl (C=O) groups is 1. The highest BCUT2D eigenvalue weighted by molar-refractivity contribution is 5.69. The maximum absolute atomic E-state index is 12.6. The fourth-order valence-corrected chi connectivity index (χ4v) is 6.48. The van der Waals surface area contributed by atoms with E-state index in [0.717, 1.165) is 25.7 Å². The molecule has 1 aliphatic rings. The van der Waals surface area contributed by atoms with Crippen LogP contribution in [0.25, 0.3) is 0 Å². The Morgan fingerprint density at radius 3 is 1.41 bits per heavy atom. The molecule has 0 bridgehead atoms. The van der Waals surface area contributed by atoms with Crippen molar-refractivity contribution in [3.05, 3.63) is 0 Å². The van der Waals surface area contributed by atoms with Crippen LogP contribution in [0.5, 0.6) is 0 Å². The Morgan fingerprint density at radius 2 is 1.05 bits per heavy atom. The van der Waals surface area contributed by atoms with Crippen molar-refractivity contribution >= 4 is 5.97 Å². The largest absolute Gasteiger partial charge is 0.462 e. The number of ether oxygens (including phenoxy) is 2. The number of methoxy groups -OCH3 is 1. The molecule has 0 aromatic rings. The Bertz CT molecular complexity index is 642. The molecule has 244 valence electrons. The number of nitrogens with zero attached hydrogens (tertiary/aromatic N) is 1. The minimum atomic E-state index is -0.346. The summed E-state index contributed by atoms with van der Waals surface area (Å²) in [5.74, 6) is -0.0385. The average molecular weight is 582 g/mol. The Labute approximate surface area is 256 Å². The molecule has 0 radical (unpaired) electrons. The highest BCUT2D eigenvalue weighted by Crippen LogP contribution is 2.40. The first-order valence-corrected chi connectivity index (χ1v) is 17.6. The maximum Gasteiger partial charge on any atom is 0.306 e. The number of carbonyl (C=O) groups excluding carboxylic acids is 1. The minimum absolute atomic E-state index is 0.0385. The van der Waals surface area contributed by atoms with Gasteiger partial charge >= 0.3 is 5.97 Å². The van der Waals surface area contributed by atoms with Crippen molar-refractivity contribution in [2.75, 3.05) is 13.7 Å². The molecule has 1 fully saturated rings. The van der Waals surface area contributed by atoms with Gasteiger partial charge in [0.1, 0.15) is 6.10 Å². The summed E-state index contributed by atoms with van der Waals surface area (Å²) in [4.78, 5) is 18.9. The van der Waals surface area contributed by atoms with Crippen molar-refractivity contribution < 1.29 is 19.1 Å². The lowest BCUT2D eigenvalue weighted by Crippen LogP contribution is -2.62. The van der Waals surface area contributed by atoms with E-state index in [-0.39, 0.29) is 28.8 Å². The Kier molecular flexibility index (Phi) is 19.8. The summed E-state index contributed by atoms with van der Waals surface area (Å²) in [5.41, 5.74) is -0.810. The number of esters is 1. The summed E-state index contributed by atoms with van der Waals surface area (Å²) in [6.07, 6.45) is 27.9. The van der Waals surface area contributed by atoms with Crippen LogP contribution >= 0.6 is 0 Å². The Balaban J connectivity index is 2.03. The lowest BCUT2D eigenvalue weighted by atomic mass is 9.80. The highest BCUT2D eigenvalue weighted by Gasteiger charge is 2.48. The molecule has 0 amide bonds. The second-order valence-electron chi connectivity index (χ2n) is 14.8. The van der Waals surface area contributed by atoms with Crippen molar-refractivity contribution in [1.29, 1.82) is 0 Å². The molecule has 1 aliphatic heterocycles. The predicted octanol–water partition coefficient (Wildman–Crippen LogP) is 10.7. The van der Waals surface area contributed by atoms with E-state index in [1.165, 1.54) is 109 Å². The van der Waals surface area contributed by atoms with Crippen molar-refractivity contribution in [3.63, 3.8) is 0 Å². The summed E-state index contributed by atoms with van der Waals surface area (Å²) in [7, 11) is 1.71. The van der Waals surface area contributed by atoms with Gasteiger partial charge in [-0.2, -0.15) is 5.06 Å². The number of hydrogen-bond acceptors (Lipinski definition) is 5. The van der Waals surface area contributed by atoms with Gasteiger partial charge in [0.05, 0.1) is 12.2 Å². The summed E-state index contributed by atoms with van der Waals surface area (Å²) >= 11 is 0. The first kappa shape index (κ1) is 38.4. The van der Waals surface area contributed by atoms with E-state index in [9.17, 15) is 4.79 Å². The van der Waals surface area contributed by atoms with E-state index >= 15 is 0 Å². The van der Waals surface area contributed by atoms with Crippen molar-refractivity contribution in [2.24, 2.45) is 0 Å². The van der Waals surface area contributed by atoms with Gasteiger partial charge in [-0.3, -0.25) is 9.63 Å². The molecule has 5 nitrogen and oxygen atoms in total. The van der Waals surface area contributed by atoms with E-state index in [0.29, 0.717) is 13.0 Å². The number of piperidine rings is 1. The van der Waals surface area contributed by atoms with Crippen molar-refractivity contribution in [2.45, 2.75) is 213 Å². The first-order valence-electron chi connectivity index (χ1n) is 17.6. The van der Waals surface area contributed by atoms with Crippen LogP contribution in [0.2, 0.25) is 0 Å². The molecule has 5 heteroatoms. The monoisotopic (exact) mass is 582 g/mol. The number of hydroxylamine groups is 2. The van der Waals surface area contributed by atoms with Gasteiger partial charge in [-0.15, -0.1) is 0 Å². The van der Waals surface area contributed by atoms with Crippen LogP contribution < -0.4 is 0 Å². The third-order valence-corrected chi connectivity index (χ3v) is 8.93. The van der Waals surface area contributed by atoms with Gasteiger partial charge in [0.25, 0.3) is 0 Å². The molecule has 0 N–H and O–H groups in total. The van der Waals surface area contributed by atoms with Crippen LogP contribution in [0.15, 0.2) is 0 Å². The minimum Gasteiger partial charge on any atom is -0.462 e. The summed E-state index contributed by atoms with van der Waals surface area (Å²) in [6, 6.07) is 0. The summed E-state index contributed by atoms with van der Waals surface area (Å²) in [6.45, 7) is 15.5. The molecule has 0 saturated carbocycles. The second kappa shape index (κ2) is 21.1. The number of hydrogen-bond donors (Lipinski definition) is 0. The molecule has 0 aromatic carbocycles. The fourth-order valence-electron chi connectivity index (χ4n) is 6.48. The maximum atomic E-state index is 12.6. The summed E-state index contributed by atoms with van der Waals surface area (Å²) < 4.78 is 11.5. The average Bonchev–Trinajstić information content (AvgIpc) is 2.88. The molecular formula is C36H71NO4. The van der Waals surface area contributed by atoms with Crippen molar-refractivity contribution in [1.82, 2.24) is 5.06 Å². The standard InChI is InChI=1S/C36H71NO4/c1-9-10-11-12-13-14-15-16-17-18-19-20-21-22-23-24-25-26-27-28-33(38)41-32-29-34(2,3)37(35(4,5)30-32)40-31-36(6,7)39-8/h32H,9-31H2,1-8H3. The lowest BCUT2D eigenvalue weighted by Gasteiger charge is -2.53. The first-order chi connectivity index (χ1) is 19.4. The van der Waals surface area contributed by atoms with Gasteiger partial charge in [0.2, 0.25) is 0 Å². The predicted molar refractivity (Wildman–Crippen MR) is 174 cm³/mol. The third-order valence-electron chi connectivity index (χ3n) is 8.93. The Morgan fingerprint density at radius 1 is 0.683 bits per heavy atom. The van der Waals surface area contributed by atoms with Crippen LogP contribution in [-0.2, 0) is 19.1 Å². The SMILES string of the molecule is CCCCCCCCCCCCCCCCCCCCCC(=O)OC1CC(C)(C)N(OCC(C)(C)OC)C(C)(C)C1. The molecule has 0 aromatic heterocycles. The van der Waals surface area contributed by atoms with Gasteiger partial charge in [-0.1, -0.05) is 122 Å². The zero-order valence-corrected chi connectivity index (χ0v) is 28.9. The lowest BCUT2D eigenvalue weighted by molar-refractivity contribution is -0.308. The van der Waals surface area contributed by atoms with Crippen LogP contribution in [0.1, 0.15) is 190 Å². The van der Waals surface area contributed by atoms with Gasteiger partial charge in [-0.05, 0) is 48.0 Å². The zero-order valence-electron chi connectivity index (χ0n) is 28.9. The van der Waals surface area contributed by atoms with E-state index in [1.807, 2.05) is 13.8 Å². The van der Waals surface area contributed by atoms with Crippen LogP contribution in [-0.4, -0.2) is 47.5 Å². The fraction of sp³-hybridized carbons (Fsp3) is 0.972. The van der Waals surface area contributed by atoms with E-state index < -0.39 is 0 Å². The smallest absolute Gasteiger partial charge is 0.306 e. The molecule has 41 heavy (non-hydrogen) atoms. The quantitative estimate of drug-likeness (QED) is 0.0792. The highest BCUT2D eigenvalue weighted by atomic mass is 16.7. The van der Waals surface area contributed by atoms with E-state index in [4.69, 9.17) is 14.3 Å². The third kappa shape index (κ3) is 17.9. The number of rotatable bonds is 25. The molecule has 0 spiro atoms. The van der Waals surface area contributed by atoms with Gasteiger partial charge in [-0.25, -0.2) is 0 Å². The molecule has 1 rings (SSSR count). The van der Waals surface area contributed by atoms with Gasteiger partial charge in [0, 0.05) is 37.5 Å². The topological polar surface area (TPSA) is 48.0 Å². The normalized spacial score (nSPS) is 17.7. The van der Waals surface area contributed by atoms with Gasteiger partial charge in [0.15, 0.2) is 0 Å². The zero-order chi connectivity index (χ0) is 30.6. The van der Waals surface area contributed by atoms with E-state index in [1.54, 1.807) is 7.11 Å². The van der Waals surface area contributed by atoms with E-state index in [2.05, 4.69) is 39.7 Å². The molecule has 1 heterocycles. The second-order valence-corrected chi connectivity index (χ2v) is 14.8. The molecule has 0 aliphatic carbocycles. The Hall–Kier alpha value is -0.650. The molecule has 0 atom stereocenters. The molecule has 0 unspecified atom stereocenters. The molecule has 1 saturated heterocycles. The van der Waals surface area contributed by atoms with Crippen LogP contribution in [0.4, 0.5) is 0 Å².